The molecule has 14 heteroatoms. The van der Waals surface area contributed by atoms with Crippen molar-refractivity contribution in [2.24, 2.45) is 22.1 Å². The second-order valence-electron chi connectivity index (χ2n) is 15.8. The highest BCUT2D eigenvalue weighted by Gasteiger charge is 2.43. The number of nitrogens with one attached hydrogen (secondary N) is 1. The van der Waals surface area contributed by atoms with Gasteiger partial charge in [0.05, 0.1) is 37.2 Å². The van der Waals surface area contributed by atoms with Gasteiger partial charge in [0.1, 0.15) is 21.8 Å². The third-order valence-electron chi connectivity index (χ3n) is 11.8. The molecule has 2 bridgehead atoms. The van der Waals surface area contributed by atoms with E-state index in [-0.39, 0.29) is 53.7 Å². The summed E-state index contributed by atoms with van der Waals surface area (Å²) in [6, 6.07) is 10.8. The van der Waals surface area contributed by atoms with Crippen LogP contribution in [-0.4, -0.2) is 103 Å². The predicted octanol–water partition coefficient (Wildman–Crippen LogP) is 7.09. The van der Waals surface area contributed by atoms with Gasteiger partial charge in [-0.25, -0.2) is 13.8 Å². The van der Waals surface area contributed by atoms with Gasteiger partial charge >= 0.3 is 12.1 Å². The van der Waals surface area contributed by atoms with Crippen molar-refractivity contribution in [3.05, 3.63) is 70.3 Å². The molecule has 55 heavy (non-hydrogen) atoms. The number of hydrogen-bond donors (Lipinski definition) is 1. The first-order chi connectivity index (χ1) is 26.3. The van der Waals surface area contributed by atoms with Crippen LogP contribution in [0, 0.1) is 17.8 Å². The van der Waals surface area contributed by atoms with Crippen molar-refractivity contribution in [3.63, 3.8) is 0 Å². The summed E-state index contributed by atoms with van der Waals surface area (Å²) in [6.07, 6.45) is 6.46. The van der Waals surface area contributed by atoms with Crippen LogP contribution >= 0.6 is 11.6 Å². The zero-order chi connectivity index (χ0) is 39.5. The van der Waals surface area contributed by atoms with Gasteiger partial charge in [0.25, 0.3) is 5.91 Å². The maximum atomic E-state index is 14.6. The first kappa shape index (κ1) is 40.8. The number of likely N-dealkylation sites (tertiary alicyclic amines) is 1. The van der Waals surface area contributed by atoms with Gasteiger partial charge in [0.2, 0.25) is 0 Å². The van der Waals surface area contributed by atoms with Crippen LogP contribution in [0.5, 0.6) is 5.75 Å². The number of urea groups is 1. The summed E-state index contributed by atoms with van der Waals surface area (Å²) in [7, 11) is -1.87. The molecule has 0 aromatic heterocycles. The normalized spacial score (nSPS) is 29.2. The third-order valence-corrected chi connectivity index (χ3v) is 14.0. The average molecular weight is 798 g/mol. The lowest BCUT2D eigenvalue weighted by molar-refractivity contribution is -0.00662. The van der Waals surface area contributed by atoms with Crippen molar-refractivity contribution in [1.29, 1.82) is 0 Å². The Morgan fingerprint density at radius 1 is 1.11 bits per heavy atom. The summed E-state index contributed by atoms with van der Waals surface area (Å²) in [5.74, 6) is 0.0684. The van der Waals surface area contributed by atoms with Crippen LogP contribution in [-0.2, 0) is 31.2 Å². The number of benzene rings is 2. The number of fused-ring (bicyclic) bond motifs is 3. The summed E-state index contributed by atoms with van der Waals surface area (Å²) in [5, 5.41) is 0.722. The van der Waals surface area contributed by atoms with Gasteiger partial charge in [-0.1, -0.05) is 50.6 Å². The minimum Gasteiger partial charge on any atom is -0.490 e. The molecule has 300 valence electrons. The zero-order valence-electron chi connectivity index (χ0n) is 32.9. The number of hydrogen-bond acceptors (Lipinski definition) is 8. The fourth-order valence-corrected chi connectivity index (χ4v) is 10.4. The first-order valence-corrected chi connectivity index (χ1v) is 21.6. The third kappa shape index (κ3) is 9.10. The van der Waals surface area contributed by atoms with E-state index in [0.29, 0.717) is 45.0 Å². The Hall–Kier alpha value is -3.81. The molecule has 3 aliphatic heterocycles. The van der Waals surface area contributed by atoms with E-state index in [9.17, 15) is 18.6 Å². The van der Waals surface area contributed by atoms with Crippen molar-refractivity contribution in [1.82, 2.24) is 14.5 Å². The van der Waals surface area contributed by atoms with Gasteiger partial charge in [-0.3, -0.25) is 9.52 Å². The van der Waals surface area contributed by atoms with E-state index in [0.717, 1.165) is 30.0 Å². The van der Waals surface area contributed by atoms with E-state index in [2.05, 4.69) is 46.0 Å². The molecule has 1 aliphatic carbocycles. The predicted molar refractivity (Wildman–Crippen MR) is 215 cm³/mol. The molecular formula is C41H56ClN5O7S. The largest absolute Gasteiger partial charge is 0.490 e. The molecule has 1 fully saturated rings. The summed E-state index contributed by atoms with van der Waals surface area (Å²) in [4.78, 5) is 45.2. The molecule has 2 aromatic carbocycles. The number of ether oxygens (including phenoxy) is 3. The zero-order valence-corrected chi connectivity index (χ0v) is 34.5. The van der Waals surface area contributed by atoms with E-state index >= 15 is 0 Å². The standard InChI is InChI=1S/C41H56ClN5O7S/c1-7-45(8-2)40(50)54-33-22-46(23-33)39(49)44-55(51)24-27(3)11-9-13-36(52-6)29(5)28(4)21-47-25-41(18-10-12-30-19-32(42)15-16-34(30)41)26-53-37-17-14-31(20-35(37)47)38(48)43-55/h9,13-17,19-20,27-29,33,36H,7-8,10-12,18,21-26H2,1-6H3,(H,43,44,48,49,51)/b13-9-/t27-,28-,29+,36-,41-,55?/m0/s1. The van der Waals surface area contributed by atoms with Crippen LogP contribution in [0.3, 0.4) is 0 Å². The molecule has 4 aliphatic rings. The SMILES string of the molecule is CCN(CC)C(=O)OC1CN(C(=O)NS2(=O)=NC(=O)c3ccc4c(c3)N(C[C@H](C)[C@@H](C)[C@@H](OC)/C=C\C[C@H](C)C2)C[C@@]2(CCCc3cc(Cl)ccc32)CO4)C1. The number of halogens is 1. The van der Waals surface area contributed by atoms with E-state index in [1.165, 1.54) is 16.0 Å². The number of anilines is 1. The van der Waals surface area contributed by atoms with Gasteiger partial charge in [-0.15, -0.1) is 4.36 Å². The van der Waals surface area contributed by atoms with Crippen molar-refractivity contribution in [2.75, 3.05) is 63.6 Å². The molecule has 1 spiro atoms. The number of nitrogens with zero attached hydrogens (tertiary/aromatic N) is 4. The molecule has 0 radical (unpaired) electrons. The minimum atomic E-state index is -3.59. The topological polar surface area (TPSA) is 130 Å². The van der Waals surface area contributed by atoms with Crippen LogP contribution in [0.15, 0.2) is 52.9 Å². The molecule has 2 aromatic rings. The highest BCUT2D eigenvalue weighted by atomic mass is 35.5. The molecule has 1 saturated heterocycles. The molecule has 1 N–H and O–H groups in total. The van der Waals surface area contributed by atoms with Gasteiger partial charge in [-0.2, -0.15) is 0 Å². The molecule has 4 amide bonds. The van der Waals surface area contributed by atoms with Crippen LogP contribution in [0.1, 0.15) is 75.4 Å². The molecule has 12 nitrogen and oxygen atoms in total. The van der Waals surface area contributed by atoms with Crippen molar-refractivity contribution in [2.45, 2.75) is 77.9 Å². The summed E-state index contributed by atoms with van der Waals surface area (Å²) in [6.45, 7) is 13.2. The second-order valence-corrected chi connectivity index (χ2v) is 18.2. The monoisotopic (exact) mass is 797 g/mol. The fourth-order valence-electron chi connectivity index (χ4n) is 8.32. The lowest BCUT2D eigenvalue weighted by Gasteiger charge is -2.42. The Kier molecular flexibility index (Phi) is 12.7. The van der Waals surface area contributed by atoms with Crippen molar-refractivity contribution < 1.29 is 32.8 Å². The maximum absolute atomic E-state index is 14.6. The second kappa shape index (κ2) is 17.1. The molecular weight excluding hydrogens is 742 g/mol. The van der Waals surface area contributed by atoms with Gasteiger partial charge in [0.15, 0.2) is 0 Å². The summed E-state index contributed by atoms with van der Waals surface area (Å²) in [5.41, 5.74) is 3.20. The number of methoxy groups -OCH3 is 1. The van der Waals surface area contributed by atoms with Crippen molar-refractivity contribution in [3.8, 4) is 5.75 Å². The molecule has 6 rings (SSSR count). The lowest BCUT2D eigenvalue weighted by atomic mass is 9.70. The van der Waals surface area contributed by atoms with Gasteiger partial charge < -0.3 is 28.9 Å². The van der Waals surface area contributed by atoms with E-state index in [1.807, 2.05) is 32.9 Å². The Morgan fingerprint density at radius 3 is 2.60 bits per heavy atom. The molecule has 0 saturated carbocycles. The Morgan fingerprint density at radius 2 is 1.87 bits per heavy atom. The van der Waals surface area contributed by atoms with Crippen LogP contribution in [0.25, 0.3) is 0 Å². The highest BCUT2D eigenvalue weighted by Crippen LogP contribution is 2.45. The lowest BCUT2D eigenvalue weighted by Crippen LogP contribution is -2.59. The van der Waals surface area contributed by atoms with Crippen LogP contribution in [0.2, 0.25) is 5.02 Å². The first-order valence-electron chi connectivity index (χ1n) is 19.6. The Bertz CT molecular complexity index is 1910. The number of amides is 4. The number of aryl methyl sites for hydroxylation is 1. The van der Waals surface area contributed by atoms with Gasteiger partial charge in [-0.05, 0) is 98.7 Å². The van der Waals surface area contributed by atoms with E-state index in [4.69, 9.17) is 25.8 Å². The number of carbonyl (C=O) groups excluding carboxylic acids is 3. The van der Waals surface area contributed by atoms with E-state index in [1.54, 1.807) is 30.2 Å². The van der Waals surface area contributed by atoms with Gasteiger partial charge in [0, 0.05) is 49.3 Å². The summed E-state index contributed by atoms with van der Waals surface area (Å²) >= 11 is 6.46. The van der Waals surface area contributed by atoms with Crippen LogP contribution < -0.4 is 14.4 Å². The highest BCUT2D eigenvalue weighted by molar-refractivity contribution is 7.92. The van der Waals surface area contributed by atoms with E-state index < -0.39 is 34.1 Å². The quantitative estimate of drug-likeness (QED) is 0.318. The number of allylic oxidation sites excluding steroid dienone is 1. The summed E-state index contributed by atoms with van der Waals surface area (Å²) < 4.78 is 39.7. The molecule has 1 unspecified atom stereocenters. The fraction of sp³-hybridized carbons (Fsp3) is 0.585. The minimum absolute atomic E-state index is 0.0429. The smallest absolute Gasteiger partial charge is 0.410 e. The van der Waals surface area contributed by atoms with Crippen molar-refractivity contribution >= 4 is 45.2 Å². The molecule has 6 atom stereocenters. The number of carbonyl (C=O) groups is 3. The maximum Gasteiger partial charge on any atom is 0.410 e. The Balaban J connectivity index is 1.33. The molecule has 3 heterocycles. The average Bonchev–Trinajstić information content (AvgIpc) is 3.27. The number of rotatable bonds is 5. The Labute approximate surface area is 331 Å². The van der Waals surface area contributed by atoms with Crippen LogP contribution in [0.4, 0.5) is 15.3 Å².